The minimum atomic E-state index is -0.989. The number of hydrogen-bond acceptors (Lipinski definition) is 6. The molecular weight excluding hydrogens is 418 g/mol. The van der Waals surface area contributed by atoms with Gasteiger partial charge >= 0.3 is 0 Å². The number of fused-ring (bicyclic) bond motifs is 1. The second kappa shape index (κ2) is 8.97. The van der Waals surface area contributed by atoms with Crippen molar-refractivity contribution in [3.8, 4) is 0 Å². The highest BCUT2D eigenvalue weighted by molar-refractivity contribution is 5.97. The van der Waals surface area contributed by atoms with Crippen LogP contribution in [0.5, 0.6) is 0 Å². The summed E-state index contributed by atoms with van der Waals surface area (Å²) in [5, 5.41) is 19.7. The number of hydrogen-bond donors (Lipinski definition) is 4. The summed E-state index contributed by atoms with van der Waals surface area (Å²) in [6.45, 7) is 10.1. The number of nitrogens with zero attached hydrogens (tertiary/aromatic N) is 2. The zero-order valence-electron chi connectivity index (χ0n) is 20.3. The van der Waals surface area contributed by atoms with Gasteiger partial charge in [-0.2, -0.15) is 0 Å². The monoisotopic (exact) mass is 455 g/mol. The number of aliphatic imine (C=N–C) groups is 1. The van der Waals surface area contributed by atoms with Crippen LogP contribution in [0.25, 0.3) is 0 Å². The first-order chi connectivity index (χ1) is 15.6. The van der Waals surface area contributed by atoms with Gasteiger partial charge in [-0.25, -0.2) is 4.99 Å². The predicted molar refractivity (Wildman–Crippen MR) is 128 cm³/mol. The molecule has 0 bridgehead atoms. The summed E-state index contributed by atoms with van der Waals surface area (Å²) < 4.78 is 0. The molecule has 2 aliphatic carbocycles. The van der Waals surface area contributed by atoms with E-state index in [0.29, 0.717) is 18.0 Å². The molecule has 4 aliphatic rings. The maximum absolute atomic E-state index is 13.0. The van der Waals surface area contributed by atoms with Crippen LogP contribution < -0.4 is 16.0 Å². The van der Waals surface area contributed by atoms with E-state index in [1.807, 2.05) is 18.2 Å². The van der Waals surface area contributed by atoms with E-state index in [1.54, 1.807) is 27.0 Å². The van der Waals surface area contributed by atoms with E-state index in [4.69, 9.17) is 0 Å². The molecule has 0 radical (unpaired) electrons. The molecule has 4 rings (SSSR count). The standard InChI is InChI=1S/C25H37N5O3/c1-14-11-18(23(32)28-13-25(4,5)33)12-19-20(29-24-26-9-6-10-27-24)15(2)22(17-7-8-17)30(16(3)31)21(14)19/h6,9,11-12,14-15,17,20-22,33H,7-8,10,13H2,1-5H3,(H,28,32)(H2,26,27,29)/t14?,15-,20-,21?,22-/m1/s1. The Morgan fingerprint density at radius 3 is 2.61 bits per heavy atom. The zero-order valence-corrected chi connectivity index (χ0v) is 20.3. The smallest absolute Gasteiger partial charge is 0.251 e. The fourth-order valence-electron chi connectivity index (χ4n) is 5.49. The van der Waals surface area contributed by atoms with Gasteiger partial charge in [0.05, 0.1) is 17.7 Å². The van der Waals surface area contributed by atoms with Crippen LogP contribution in [0, 0.1) is 17.8 Å². The van der Waals surface area contributed by atoms with Gasteiger partial charge in [-0.05, 0) is 56.3 Å². The van der Waals surface area contributed by atoms with Crippen LogP contribution in [-0.4, -0.2) is 64.6 Å². The zero-order chi connectivity index (χ0) is 23.9. The highest BCUT2D eigenvalue weighted by atomic mass is 16.3. The van der Waals surface area contributed by atoms with E-state index in [9.17, 15) is 14.7 Å². The molecule has 8 nitrogen and oxygen atoms in total. The van der Waals surface area contributed by atoms with E-state index in [0.717, 1.165) is 24.4 Å². The Morgan fingerprint density at radius 2 is 2.03 bits per heavy atom. The molecule has 5 atom stereocenters. The molecule has 1 saturated carbocycles. The topological polar surface area (TPSA) is 106 Å². The molecule has 2 heterocycles. The molecule has 33 heavy (non-hydrogen) atoms. The molecule has 0 aromatic rings. The van der Waals surface area contributed by atoms with Gasteiger partial charge in [0.15, 0.2) is 5.96 Å². The first kappa shape index (κ1) is 23.5. The minimum absolute atomic E-state index is 0.0176. The maximum Gasteiger partial charge on any atom is 0.251 e. The maximum atomic E-state index is 13.0. The van der Waals surface area contributed by atoms with Crippen LogP contribution in [0.4, 0.5) is 0 Å². The van der Waals surface area contributed by atoms with E-state index in [-0.39, 0.29) is 48.3 Å². The van der Waals surface area contributed by atoms with Crippen LogP contribution in [0.15, 0.2) is 40.6 Å². The lowest BCUT2D eigenvalue weighted by Crippen LogP contribution is -2.65. The SMILES string of the molecule is CC(=O)N1C2C(=CC(C(=O)NCC(C)(C)O)=CC2C)[C@H](NC2=NC=CCN2)[C@@H](C)[C@@H]1C1CC1. The highest BCUT2D eigenvalue weighted by Gasteiger charge is 2.52. The van der Waals surface area contributed by atoms with Crippen molar-refractivity contribution in [2.75, 3.05) is 13.1 Å². The van der Waals surface area contributed by atoms with Crippen molar-refractivity contribution in [1.29, 1.82) is 0 Å². The minimum Gasteiger partial charge on any atom is -0.389 e. The van der Waals surface area contributed by atoms with Crippen molar-refractivity contribution >= 4 is 17.8 Å². The summed E-state index contributed by atoms with van der Waals surface area (Å²) in [6.07, 6.45) is 9.94. The predicted octanol–water partition coefficient (Wildman–Crippen LogP) is 1.45. The molecule has 0 aromatic carbocycles. The molecule has 2 fully saturated rings. The quantitative estimate of drug-likeness (QED) is 0.502. The lowest BCUT2D eigenvalue weighted by Gasteiger charge is -2.53. The molecule has 2 aliphatic heterocycles. The number of guanidine groups is 1. The third-order valence-electron chi connectivity index (χ3n) is 7.05. The normalized spacial score (nSPS) is 31.5. The van der Waals surface area contributed by atoms with Gasteiger partial charge < -0.3 is 26.0 Å². The van der Waals surface area contributed by atoms with E-state index >= 15 is 0 Å². The fraction of sp³-hybridized carbons (Fsp3) is 0.640. The number of amides is 2. The molecule has 1 saturated heterocycles. The lowest BCUT2D eigenvalue weighted by atomic mass is 9.70. The number of piperidine rings is 1. The molecule has 4 N–H and O–H groups in total. The average molecular weight is 456 g/mol. The summed E-state index contributed by atoms with van der Waals surface area (Å²) in [7, 11) is 0. The Labute approximate surface area is 196 Å². The van der Waals surface area contributed by atoms with Gasteiger partial charge in [0.2, 0.25) is 5.91 Å². The molecular formula is C25H37N5O3. The van der Waals surface area contributed by atoms with Gasteiger partial charge in [-0.15, -0.1) is 0 Å². The molecule has 2 unspecified atom stereocenters. The Balaban J connectivity index is 1.70. The summed E-state index contributed by atoms with van der Waals surface area (Å²) in [4.78, 5) is 32.4. The number of aliphatic hydroxyl groups is 1. The third kappa shape index (κ3) is 5.00. The molecule has 8 heteroatoms. The number of carbonyl (C=O) groups is 2. The number of nitrogens with one attached hydrogen (secondary N) is 3. The van der Waals surface area contributed by atoms with Gasteiger partial charge in [0.25, 0.3) is 5.91 Å². The van der Waals surface area contributed by atoms with Crippen molar-refractivity contribution in [2.45, 2.75) is 71.2 Å². The lowest BCUT2D eigenvalue weighted by molar-refractivity contribution is -0.138. The highest BCUT2D eigenvalue weighted by Crippen LogP contribution is 2.47. The van der Waals surface area contributed by atoms with Crippen molar-refractivity contribution < 1.29 is 14.7 Å². The van der Waals surface area contributed by atoms with Crippen LogP contribution in [0.2, 0.25) is 0 Å². The number of carbonyl (C=O) groups excluding carboxylic acids is 2. The summed E-state index contributed by atoms with van der Waals surface area (Å²) in [5.74, 6) is 1.25. The largest absolute Gasteiger partial charge is 0.389 e. The van der Waals surface area contributed by atoms with Gasteiger partial charge in [0.1, 0.15) is 0 Å². The number of rotatable bonds is 5. The van der Waals surface area contributed by atoms with Crippen LogP contribution in [0.3, 0.4) is 0 Å². The Morgan fingerprint density at radius 1 is 1.30 bits per heavy atom. The van der Waals surface area contributed by atoms with E-state index in [1.165, 1.54) is 0 Å². The second-order valence-corrected chi connectivity index (χ2v) is 10.5. The van der Waals surface area contributed by atoms with E-state index in [2.05, 4.69) is 39.7 Å². The Hall–Kier alpha value is -2.61. The Bertz CT molecular complexity index is 925. The summed E-state index contributed by atoms with van der Waals surface area (Å²) >= 11 is 0. The van der Waals surface area contributed by atoms with Crippen LogP contribution >= 0.6 is 0 Å². The molecule has 0 spiro atoms. The van der Waals surface area contributed by atoms with Crippen molar-refractivity contribution in [3.05, 3.63) is 35.6 Å². The second-order valence-electron chi connectivity index (χ2n) is 10.5. The van der Waals surface area contributed by atoms with Crippen LogP contribution in [0.1, 0.15) is 47.5 Å². The van der Waals surface area contributed by atoms with Crippen LogP contribution in [-0.2, 0) is 9.59 Å². The third-order valence-corrected chi connectivity index (χ3v) is 7.05. The summed E-state index contributed by atoms with van der Waals surface area (Å²) in [5.41, 5.74) is 0.623. The number of likely N-dealkylation sites (tertiary alicyclic amines) is 1. The first-order valence-corrected chi connectivity index (χ1v) is 12.0. The van der Waals surface area contributed by atoms with Crippen molar-refractivity contribution in [3.63, 3.8) is 0 Å². The molecule has 0 aromatic heterocycles. The summed E-state index contributed by atoms with van der Waals surface area (Å²) in [6, 6.07) is -0.00199. The fourth-order valence-corrected chi connectivity index (χ4v) is 5.49. The Kier molecular flexibility index (Phi) is 6.40. The first-order valence-electron chi connectivity index (χ1n) is 12.0. The molecule has 2 amide bonds. The van der Waals surface area contributed by atoms with Gasteiger partial charge in [-0.3, -0.25) is 9.59 Å². The average Bonchev–Trinajstić information content (AvgIpc) is 3.58. The molecule has 180 valence electrons. The van der Waals surface area contributed by atoms with Crippen molar-refractivity contribution in [1.82, 2.24) is 20.9 Å². The van der Waals surface area contributed by atoms with Gasteiger partial charge in [-0.1, -0.05) is 19.9 Å². The van der Waals surface area contributed by atoms with Crippen molar-refractivity contribution in [2.24, 2.45) is 22.7 Å². The van der Waals surface area contributed by atoms with Gasteiger partial charge in [0, 0.05) is 43.7 Å². The van der Waals surface area contributed by atoms with E-state index < -0.39 is 5.60 Å².